The van der Waals surface area contributed by atoms with Crippen molar-refractivity contribution >= 4 is 11.9 Å². The summed E-state index contributed by atoms with van der Waals surface area (Å²) in [5.41, 5.74) is 0.683. The van der Waals surface area contributed by atoms with Crippen LogP contribution in [0.3, 0.4) is 0 Å². The molecule has 0 saturated carbocycles. The fourth-order valence-electron chi connectivity index (χ4n) is 1.87. The molecule has 0 unspecified atom stereocenters. The summed E-state index contributed by atoms with van der Waals surface area (Å²) in [7, 11) is 3.37. The maximum Gasteiger partial charge on any atom is 0.225 e. The molecule has 0 radical (unpaired) electrons. The van der Waals surface area contributed by atoms with E-state index in [-0.39, 0.29) is 11.3 Å². The summed E-state index contributed by atoms with van der Waals surface area (Å²) in [5, 5.41) is 9.28. The highest BCUT2D eigenvalue weighted by atomic mass is 16.5. The molecule has 0 aliphatic heterocycles. The summed E-state index contributed by atoms with van der Waals surface area (Å²) >= 11 is 0. The van der Waals surface area contributed by atoms with Gasteiger partial charge in [0.1, 0.15) is 5.75 Å². The highest BCUT2D eigenvalue weighted by molar-refractivity contribution is 5.81. The number of nitrogens with zero attached hydrogens (tertiary/aromatic N) is 1. The number of carbonyl (C=O) groups is 1. The van der Waals surface area contributed by atoms with Crippen LogP contribution in [0.1, 0.15) is 26.3 Å². The van der Waals surface area contributed by atoms with Crippen LogP contribution in [0.25, 0.3) is 0 Å². The molecule has 6 nitrogen and oxygen atoms in total. The van der Waals surface area contributed by atoms with Crippen molar-refractivity contribution < 1.29 is 9.53 Å². The van der Waals surface area contributed by atoms with Gasteiger partial charge in [-0.1, -0.05) is 39.0 Å². The Morgan fingerprint density at radius 2 is 1.78 bits per heavy atom. The molecule has 0 bridgehead atoms. The maximum absolute atomic E-state index is 11.8. The number of ether oxygens (including phenoxy) is 1. The lowest BCUT2D eigenvalue weighted by Crippen LogP contribution is -2.43. The molecule has 1 rings (SSSR count). The number of guanidine groups is 1. The van der Waals surface area contributed by atoms with Gasteiger partial charge in [-0.25, -0.2) is 0 Å². The lowest BCUT2D eigenvalue weighted by molar-refractivity contribution is -0.128. The number of rotatable bonds is 6. The van der Waals surface area contributed by atoms with E-state index in [0.29, 0.717) is 25.6 Å². The van der Waals surface area contributed by atoms with E-state index in [9.17, 15) is 4.79 Å². The van der Waals surface area contributed by atoms with Crippen LogP contribution in [0.4, 0.5) is 0 Å². The summed E-state index contributed by atoms with van der Waals surface area (Å²) in [6.45, 7) is 7.44. The van der Waals surface area contributed by atoms with Gasteiger partial charge < -0.3 is 20.7 Å². The summed E-state index contributed by atoms with van der Waals surface area (Å²) in [6, 6.07) is 7.84. The molecule has 3 N–H and O–H groups in total. The van der Waals surface area contributed by atoms with Crippen molar-refractivity contribution in [3.8, 4) is 5.75 Å². The number of methoxy groups -OCH3 is 1. The number of nitrogens with one attached hydrogen (secondary N) is 3. The number of aliphatic imine (C=N–C) groups is 1. The number of hydrogen-bond acceptors (Lipinski definition) is 3. The number of benzene rings is 1. The fourth-order valence-corrected chi connectivity index (χ4v) is 1.87. The molecule has 0 aliphatic rings. The Balaban J connectivity index is 2.37. The standard InChI is InChI=1S/C17H28N4O2/c1-17(2,3)15(22)19-10-11-20-16(18-4)21-12-13-8-6-7-9-14(13)23-5/h6-9H,10-12H2,1-5H3,(H,19,22)(H2,18,20,21). The summed E-state index contributed by atoms with van der Waals surface area (Å²) in [5.74, 6) is 1.56. The van der Waals surface area contributed by atoms with Gasteiger partial charge in [0.15, 0.2) is 5.96 Å². The van der Waals surface area contributed by atoms with Crippen LogP contribution in [0, 0.1) is 5.41 Å². The molecule has 0 fully saturated rings. The van der Waals surface area contributed by atoms with E-state index >= 15 is 0 Å². The molecule has 0 heterocycles. The minimum absolute atomic E-state index is 0.0382. The highest BCUT2D eigenvalue weighted by Crippen LogP contribution is 2.16. The van der Waals surface area contributed by atoms with E-state index in [1.807, 2.05) is 45.0 Å². The van der Waals surface area contributed by atoms with Gasteiger partial charge in [-0.05, 0) is 6.07 Å². The zero-order valence-electron chi connectivity index (χ0n) is 14.7. The quantitative estimate of drug-likeness (QED) is 0.422. The second-order valence-electron chi connectivity index (χ2n) is 6.17. The third-order valence-corrected chi connectivity index (χ3v) is 3.25. The second kappa shape index (κ2) is 9.02. The largest absolute Gasteiger partial charge is 0.496 e. The van der Waals surface area contributed by atoms with Crippen molar-refractivity contribution in [3.63, 3.8) is 0 Å². The number of carbonyl (C=O) groups excluding carboxylic acids is 1. The van der Waals surface area contributed by atoms with Gasteiger partial charge in [0.05, 0.1) is 7.11 Å². The van der Waals surface area contributed by atoms with Crippen molar-refractivity contribution in [3.05, 3.63) is 29.8 Å². The monoisotopic (exact) mass is 320 g/mol. The minimum atomic E-state index is -0.371. The van der Waals surface area contributed by atoms with E-state index in [1.54, 1.807) is 14.2 Å². The van der Waals surface area contributed by atoms with Crippen molar-refractivity contribution in [1.82, 2.24) is 16.0 Å². The van der Waals surface area contributed by atoms with Gasteiger partial charge in [-0.15, -0.1) is 0 Å². The average molecular weight is 320 g/mol. The smallest absolute Gasteiger partial charge is 0.225 e. The third kappa shape index (κ3) is 6.59. The van der Waals surface area contributed by atoms with Gasteiger partial charge in [0.2, 0.25) is 5.91 Å². The Bertz CT molecular complexity index is 536. The van der Waals surface area contributed by atoms with Gasteiger partial charge in [0.25, 0.3) is 0 Å². The number of amides is 1. The number of para-hydroxylation sites is 1. The molecule has 1 aromatic carbocycles. The molecule has 1 amide bonds. The Kier molecular flexibility index (Phi) is 7.38. The van der Waals surface area contributed by atoms with Crippen molar-refractivity contribution in [2.45, 2.75) is 27.3 Å². The molecule has 128 valence electrons. The Labute approximate surface area is 138 Å². The van der Waals surface area contributed by atoms with Crippen molar-refractivity contribution in [2.24, 2.45) is 10.4 Å². The van der Waals surface area contributed by atoms with Crippen LogP contribution in [-0.2, 0) is 11.3 Å². The Morgan fingerprint density at radius 1 is 1.13 bits per heavy atom. The molecule has 6 heteroatoms. The van der Waals surface area contributed by atoms with Crippen LogP contribution >= 0.6 is 0 Å². The molecular formula is C17H28N4O2. The predicted molar refractivity (Wildman–Crippen MR) is 93.7 cm³/mol. The number of hydrogen-bond donors (Lipinski definition) is 3. The zero-order chi connectivity index (χ0) is 17.3. The molecule has 0 saturated heterocycles. The first kappa shape index (κ1) is 18.8. The molecule has 23 heavy (non-hydrogen) atoms. The zero-order valence-corrected chi connectivity index (χ0v) is 14.7. The average Bonchev–Trinajstić information content (AvgIpc) is 2.53. The van der Waals surface area contributed by atoms with Gasteiger partial charge in [-0.2, -0.15) is 0 Å². The van der Waals surface area contributed by atoms with E-state index in [0.717, 1.165) is 11.3 Å². The first-order valence-electron chi connectivity index (χ1n) is 7.73. The SMILES string of the molecule is CN=C(NCCNC(=O)C(C)(C)C)NCc1ccccc1OC. The summed E-state index contributed by atoms with van der Waals surface area (Å²) in [6.07, 6.45) is 0. The first-order valence-corrected chi connectivity index (χ1v) is 7.73. The van der Waals surface area contributed by atoms with Gasteiger partial charge >= 0.3 is 0 Å². The highest BCUT2D eigenvalue weighted by Gasteiger charge is 2.20. The molecule has 0 aliphatic carbocycles. The van der Waals surface area contributed by atoms with E-state index in [1.165, 1.54) is 0 Å². The maximum atomic E-state index is 11.8. The molecule has 0 aromatic heterocycles. The minimum Gasteiger partial charge on any atom is -0.496 e. The Morgan fingerprint density at radius 3 is 2.39 bits per heavy atom. The van der Waals surface area contributed by atoms with Crippen molar-refractivity contribution in [1.29, 1.82) is 0 Å². The van der Waals surface area contributed by atoms with Crippen LogP contribution in [0.5, 0.6) is 5.75 Å². The normalized spacial score (nSPS) is 11.8. The Hall–Kier alpha value is -2.24. The van der Waals surface area contributed by atoms with Crippen LogP contribution < -0.4 is 20.7 Å². The lowest BCUT2D eigenvalue weighted by atomic mass is 9.96. The predicted octanol–water partition coefficient (Wildman–Crippen LogP) is 1.52. The summed E-state index contributed by atoms with van der Waals surface area (Å²) in [4.78, 5) is 15.9. The summed E-state index contributed by atoms with van der Waals surface area (Å²) < 4.78 is 5.32. The van der Waals surface area contributed by atoms with Crippen LogP contribution in [0.2, 0.25) is 0 Å². The molecule has 1 aromatic rings. The topological polar surface area (TPSA) is 74.8 Å². The second-order valence-corrected chi connectivity index (χ2v) is 6.17. The van der Waals surface area contributed by atoms with Gasteiger partial charge in [-0.3, -0.25) is 9.79 Å². The molecule has 0 spiro atoms. The van der Waals surface area contributed by atoms with E-state index in [2.05, 4.69) is 20.9 Å². The lowest BCUT2D eigenvalue weighted by Gasteiger charge is -2.18. The van der Waals surface area contributed by atoms with Crippen molar-refractivity contribution in [2.75, 3.05) is 27.2 Å². The molecule has 0 atom stereocenters. The van der Waals surface area contributed by atoms with E-state index < -0.39 is 0 Å². The fraction of sp³-hybridized carbons (Fsp3) is 0.529. The first-order chi connectivity index (χ1) is 10.9. The van der Waals surface area contributed by atoms with Crippen LogP contribution in [0.15, 0.2) is 29.3 Å². The van der Waals surface area contributed by atoms with E-state index in [4.69, 9.17) is 4.74 Å². The van der Waals surface area contributed by atoms with Gasteiger partial charge in [0, 0.05) is 37.7 Å². The van der Waals surface area contributed by atoms with Crippen LogP contribution in [-0.4, -0.2) is 39.1 Å². The molecular weight excluding hydrogens is 292 g/mol. The third-order valence-electron chi connectivity index (χ3n) is 3.25.